The predicted molar refractivity (Wildman–Crippen MR) is 100.0 cm³/mol. The van der Waals surface area contributed by atoms with Crippen LogP contribution in [0.3, 0.4) is 0 Å². The van der Waals surface area contributed by atoms with Crippen LogP contribution in [0.25, 0.3) is 28.2 Å². The smallest absolute Gasteiger partial charge is 0.181 e. The van der Waals surface area contributed by atoms with Crippen molar-refractivity contribution < 1.29 is 0 Å². The Bertz CT molecular complexity index is 1150. The molecule has 3 aromatic heterocycles. The zero-order valence-corrected chi connectivity index (χ0v) is 13.9. The minimum atomic E-state index is 0.699. The van der Waals surface area contributed by atoms with Gasteiger partial charge in [0.25, 0.3) is 0 Å². The molecule has 5 aromatic rings. The monoisotopic (exact) mass is 340 g/mol. The van der Waals surface area contributed by atoms with E-state index in [-0.39, 0.29) is 0 Å². The third kappa shape index (κ3) is 2.48. The average molecular weight is 340 g/mol. The van der Waals surface area contributed by atoms with E-state index in [1.165, 1.54) is 0 Å². The highest BCUT2D eigenvalue weighted by atomic mass is 15.3. The number of hydrogen-bond acceptors (Lipinski definition) is 3. The van der Waals surface area contributed by atoms with Crippen molar-refractivity contribution >= 4 is 11.2 Å². The van der Waals surface area contributed by atoms with E-state index in [9.17, 15) is 0 Å². The lowest BCUT2D eigenvalue weighted by molar-refractivity contribution is 0.687. The van der Waals surface area contributed by atoms with Gasteiger partial charge in [-0.05, 0) is 23.8 Å². The minimum Gasteiger partial charge on any atom is -0.335 e. The van der Waals surface area contributed by atoms with Gasteiger partial charge in [0.2, 0.25) is 0 Å². The Morgan fingerprint density at radius 1 is 0.885 bits per heavy atom. The number of aromatic nitrogens is 6. The van der Waals surface area contributed by atoms with E-state index in [1.807, 2.05) is 70.3 Å². The van der Waals surface area contributed by atoms with Crippen molar-refractivity contribution in [1.29, 1.82) is 0 Å². The molecule has 0 radical (unpaired) electrons. The van der Waals surface area contributed by atoms with Gasteiger partial charge < -0.3 is 4.98 Å². The fourth-order valence-corrected chi connectivity index (χ4v) is 3.14. The van der Waals surface area contributed by atoms with E-state index < -0.39 is 0 Å². The molecule has 6 nitrogen and oxygen atoms in total. The third-order valence-corrected chi connectivity index (χ3v) is 4.38. The largest absolute Gasteiger partial charge is 0.335 e. The van der Waals surface area contributed by atoms with Crippen LogP contribution in [0.4, 0.5) is 0 Å². The summed E-state index contributed by atoms with van der Waals surface area (Å²) in [7, 11) is 0. The van der Waals surface area contributed by atoms with Gasteiger partial charge in [-0.1, -0.05) is 42.5 Å². The van der Waals surface area contributed by atoms with Crippen LogP contribution < -0.4 is 0 Å². The molecule has 6 heteroatoms. The van der Waals surface area contributed by atoms with Gasteiger partial charge in [-0.15, -0.1) is 0 Å². The number of rotatable bonds is 4. The fourth-order valence-electron chi connectivity index (χ4n) is 3.14. The Morgan fingerprint density at radius 2 is 1.73 bits per heavy atom. The summed E-state index contributed by atoms with van der Waals surface area (Å²) in [6.07, 6.45) is 5.57. The summed E-state index contributed by atoms with van der Waals surface area (Å²) in [6, 6.07) is 20.2. The normalized spacial score (nSPS) is 11.2. The molecule has 0 spiro atoms. The molecule has 1 N–H and O–H groups in total. The van der Waals surface area contributed by atoms with Crippen LogP contribution >= 0.6 is 0 Å². The van der Waals surface area contributed by atoms with Crippen LogP contribution in [0.15, 0.2) is 79.3 Å². The summed E-state index contributed by atoms with van der Waals surface area (Å²) >= 11 is 0. The van der Waals surface area contributed by atoms with Crippen molar-refractivity contribution in [3.8, 4) is 17.1 Å². The summed E-state index contributed by atoms with van der Waals surface area (Å²) in [4.78, 5) is 8.22. The number of benzene rings is 2. The highest BCUT2D eigenvalue weighted by Gasteiger charge is 2.14. The molecule has 126 valence electrons. The van der Waals surface area contributed by atoms with Gasteiger partial charge in [0.15, 0.2) is 5.65 Å². The summed E-state index contributed by atoms with van der Waals surface area (Å²) < 4.78 is 3.76. The van der Waals surface area contributed by atoms with E-state index in [0.717, 1.165) is 33.8 Å². The molecule has 0 bridgehead atoms. The van der Waals surface area contributed by atoms with Crippen LogP contribution in [-0.2, 0) is 6.54 Å². The standard InChI is InChI=1S/C20H16N6/c1-2-8-16(9-3-1)26-20-18(13-22-26)23-19(24-20)17-10-5-4-7-15(17)14-25-12-6-11-21-25/h1-13H,14H2,(H,23,24). The van der Waals surface area contributed by atoms with Crippen molar-refractivity contribution in [2.24, 2.45) is 0 Å². The first-order valence-electron chi connectivity index (χ1n) is 8.43. The Hall–Kier alpha value is -3.67. The first-order chi connectivity index (χ1) is 12.9. The molecule has 0 saturated carbocycles. The Kier molecular flexibility index (Phi) is 3.38. The Labute approximate surface area is 149 Å². The lowest BCUT2D eigenvalue weighted by atomic mass is 10.1. The topological polar surface area (TPSA) is 64.3 Å². The lowest BCUT2D eigenvalue weighted by Crippen LogP contribution is -2.02. The van der Waals surface area contributed by atoms with E-state index in [2.05, 4.69) is 27.3 Å². The molecule has 2 aromatic carbocycles. The molecule has 0 fully saturated rings. The van der Waals surface area contributed by atoms with E-state index in [4.69, 9.17) is 4.98 Å². The molecule has 0 aliphatic rings. The number of nitrogens with zero attached hydrogens (tertiary/aromatic N) is 5. The molecular formula is C20H16N6. The van der Waals surface area contributed by atoms with Crippen molar-refractivity contribution in [1.82, 2.24) is 29.5 Å². The van der Waals surface area contributed by atoms with Gasteiger partial charge in [-0.2, -0.15) is 10.2 Å². The molecular weight excluding hydrogens is 324 g/mol. The molecule has 0 atom stereocenters. The Morgan fingerprint density at radius 3 is 2.58 bits per heavy atom. The molecule has 3 heterocycles. The van der Waals surface area contributed by atoms with Crippen LogP contribution in [0.2, 0.25) is 0 Å². The summed E-state index contributed by atoms with van der Waals surface area (Å²) in [6.45, 7) is 0.699. The zero-order chi connectivity index (χ0) is 17.3. The minimum absolute atomic E-state index is 0.699. The van der Waals surface area contributed by atoms with E-state index >= 15 is 0 Å². The fraction of sp³-hybridized carbons (Fsp3) is 0.0500. The predicted octanol–water partition coefficient (Wildman–Crippen LogP) is 3.66. The van der Waals surface area contributed by atoms with Gasteiger partial charge >= 0.3 is 0 Å². The second-order valence-electron chi connectivity index (χ2n) is 6.08. The van der Waals surface area contributed by atoms with Gasteiger partial charge in [0, 0.05) is 18.0 Å². The lowest BCUT2D eigenvalue weighted by Gasteiger charge is -2.07. The number of nitrogens with one attached hydrogen (secondary N) is 1. The van der Waals surface area contributed by atoms with Gasteiger partial charge in [0.05, 0.1) is 18.4 Å². The third-order valence-electron chi connectivity index (χ3n) is 4.38. The van der Waals surface area contributed by atoms with Crippen molar-refractivity contribution in [2.45, 2.75) is 6.54 Å². The first kappa shape index (κ1) is 14.7. The molecule has 0 aliphatic heterocycles. The Balaban J connectivity index is 1.59. The SMILES string of the molecule is c1ccc(-n2ncc3[nH]c(-c4ccccc4Cn4cccn4)nc32)cc1. The molecule has 0 unspecified atom stereocenters. The first-order valence-corrected chi connectivity index (χ1v) is 8.43. The molecule has 0 saturated heterocycles. The van der Waals surface area contributed by atoms with E-state index in [1.54, 1.807) is 6.20 Å². The maximum Gasteiger partial charge on any atom is 0.181 e. The van der Waals surface area contributed by atoms with E-state index in [0.29, 0.717) is 6.54 Å². The van der Waals surface area contributed by atoms with Crippen LogP contribution in [-0.4, -0.2) is 29.5 Å². The molecule has 0 aliphatic carbocycles. The maximum atomic E-state index is 4.82. The zero-order valence-electron chi connectivity index (χ0n) is 13.9. The number of aromatic amines is 1. The number of para-hydroxylation sites is 1. The molecule has 26 heavy (non-hydrogen) atoms. The summed E-state index contributed by atoms with van der Waals surface area (Å²) in [5.74, 6) is 0.838. The van der Waals surface area contributed by atoms with Gasteiger partial charge in [-0.25, -0.2) is 9.67 Å². The maximum absolute atomic E-state index is 4.82. The highest BCUT2D eigenvalue weighted by molar-refractivity contribution is 5.78. The molecule has 0 amide bonds. The summed E-state index contributed by atoms with van der Waals surface area (Å²) in [5, 5.41) is 8.76. The van der Waals surface area contributed by atoms with Crippen LogP contribution in [0.1, 0.15) is 5.56 Å². The second-order valence-corrected chi connectivity index (χ2v) is 6.08. The number of hydrogen-bond donors (Lipinski definition) is 1. The van der Waals surface area contributed by atoms with Gasteiger partial charge in [-0.3, -0.25) is 4.68 Å². The summed E-state index contributed by atoms with van der Waals surface area (Å²) in [5.41, 5.74) is 4.95. The number of fused-ring (bicyclic) bond motifs is 1. The second kappa shape index (κ2) is 6.00. The van der Waals surface area contributed by atoms with Crippen molar-refractivity contribution in [3.63, 3.8) is 0 Å². The van der Waals surface area contributed by atoms with Gasteiger partial charge in [0.1, 0.15) is 11.3 Å². The highest BCUT2D eigenvalue weighted by Crippen LogP contribution is 2.25. The average Bonchev–Trinajstić information content (AvgIpc) is 3.40. The van der Waals surface area contributed by atoms with Crippen LogP contribution in [0.5, 0.6) is 0 Å². The molecule has 5 rings (SSSR count). The van der Waals surface area contributed by atoms with Crippen LogP contribution in [0, 0.1) is 0 Å². The number of imidazole rings is 1. The van der Waals surface area contributed by atoms with Crippen molar-refractivity contribution in [3.05, 3.63) is 84.8 Å². The van der Waals surface area contributed by atoms with Crippen molar-refractivity contribution in [2.75, 3.05) is 0 Å². The number of H-pyrrole nitrogens is 1. The quantitative estimate of drug-likeness (QED) is 0.543.